The summed E-state index contributed by atoms with van der Waals surface area (Å²) in [5.74, 6) is -5.45. The van der Waals surface area contributed by atoms with Crippen molar-refractivity contribution in [3.05, 3.63) is 105 Å². The topological polar surface area (TPSA) is 377 Å². The van der Waals surface area contributed by atoms with E-state index in [1.165, 1.54) is 0 Å². The van der Waals surface area contributed by atoms with E-state index in [0.717, 1.165) is 13.8 Å². The van der Waals surface area contributed by atoms with Crippen molar-refractivity contribution in [1.29, 1.82) is 0 Å². The number of nitro benzene ring substituents is 2. The number of carbonyl (C=O) groups is 4. The van der Waals surface area contributed by atoms with E-state index in [1.807, 2.05) is 10.9 Å². The van der Waals surface area contributed by atoms with Gasteiger partial charge in [-0.25, -0.2) is 0 Å². The Morgan fingerprint density at radius 1 is 0.581 bits per heavy atom. The number of aromatic hydroxyl groups is 2. The van der Waals surface area contributed by atoms with Gasteiger partial charge in [-0.15, -0.1) is 0 Å². The van der Waals surface area contributed by atoms with Crippen LogP contribution in [0.4, 0.5) is 34.1 Å². The summed E-state index contributed by atoms with van der Waals surface area (Å²) in [5, 5.41) is 53.7. The molecule has 30 heteroatoms. The fourth-order valence-corrected chi connectivity index (χ4v) is 5.22. The first-order valence-corrected chi connectivity index (χ1v) is 18.3. The van der Waals surface area contributed by atoms with Crippen molar-refractivity contribution < 1.29 is 171 Å². The number of hydrazone groups is 2. The number of amides is 2. The number of hydrogen-bond acceptors (Lipinski definition) is 18. The molecule has 0 spiro atoms. The third kappa shape index (κ3) is 17.5. The monoisotopic (exact) mass is 972 g/mol. The van der Waals surface area contributed by atoms with Crippen LogP contribution >= 0.6 is 0 Å². The molecule has 1 radical (unpaired) electrons. The van der Waals surface area contributed by atoms with Crippen LogP contribution in [-0.2, 0) is 56.2 Å². The van der Waals surface area contributed by atoms with Crippen LogP contribution < -0.4 is 110 Å². The zero-order valence-corrected chi connectivity index (χ0v) is 41.4. The van der Waals surface area contributed by atoms with Gasteiger partial charge in [0.2, 0.25) is 11.5 Å². The van der Waals surface area contributed by atoms with Crippen LogP contribution in [0.1, 0.15) is 13.8 Å². The molecule has 4 aromatic carbocycles. The molecule has 0 atom stereocenters. The van der Waals surface area contributed by atoms with Gasteiger partial charge in [-0.3, -0.25) is 59.4 Å². The van der Waals surface area contributed by atoms with Gasteiger partial charge in [-0.2, -0.15) is 27.0 Å². The van der Waals surface area contributed by atoms with Crippen molar-refractivity contribution in [2.75, 3.05) is 21.5 Å². The average Bonchev–Trinajstić information content (AvgIpc) is 3.12. The number of rotatable bonds is 14. The van der Waals surface area contributed by atoms with Crippen molar-refractivity contribution in [2.24, 2.45) is 10.2 Å². The Kier molecular flexibility index (Phi) is 25.6. The van der Waals surface area contributed by atoms with Crippen LogP contribution in [0, 0.1) is 20.2 Å². The van der Waals surface area contributed by atoms with E-state index >= 15 is 0 Å². The van der Waals surface area contributed by atoms with E-state index in [0.29, 0.717) is 35.6 Å². The number of Topliss-reactive ketones (excluding diaryl/α,β-unsaturated/α-hetero) is 2. The Morgan fingerprint density at radius 3 is 1.11 bits per heavy atom. The smallest absolute Gasteiger partial charge is 0.501 e. The maximum absolute atomic E-state index is 12.3. The minimum atomic E-state index is -4.86. The van der Waals surface area contributed by atoms with E-state index in [-0.39, 0.29) is 105 Å². The second kappa shape index (κ2) is 26.5. The van der Waals surface area contributed by atoms with Crippen LogP contribution in [0.5, 0.6) is 11.5 Å². The summed E-state index contributed by atoms with van der Waals surface area (Å²) in [6, 6.07) is 18.3. The van der Waals surface area contributed by atoms with Crippen molar-refractivity contribution in [3.8, 4) is 11.5 Å². The second-order valence-corrected chi connectivity index (χ2v) is 13.9. The number of phenols is 2. The van der Waals surface area contributed by atoms with Gasteiger partial charge in [0.05, 0.1) is 9.85 Å². The van der Waals surface area contributed by atoms with E-state index in [4.69, 9.17) is 9.11 Å². The van der Waals surface area contributed by atoms with E-state index < -0.39 is 109 Å². The minimum Gasteiger partial charge on any atom is -0.501 e. The summed E-state index contributed by atoms with van der Waals surface area (Å²) < 4.78 is 63.4. The molecule has 62 heavy (non-hydrogen) atoms. The largest absolute Gasteiger partial charge is 1.00 e. The average molecular weight is 973 g/mol. The number of phenolic OH excluding ortho intramolecular Hbond substituents is 2. The molecule has 4 aromatic rings. The van der Waals surface area contributed by atoms with Crippen LogP contribution in [0.25, 0.3) is 0 Å². The Bertz CT molecular complexity index is 2430. The number of ketones is 2. The van der Waals surface area contributed by atoms with Gasteiger partial charge in [0.15, 0.2) is 23.0 Å². The van der Waals surface area contributed by atoms with Gasteiger partial charge in [0.1, 0.15) is 21.2 Å². The first-order chi connectivity index (χ1) is 27.0. The standard InChI is InChI=1S/2C16H14N4O8S.Co.3Na/c2*1-9(21)14(16(23)17-10-5-3-2-4-6-10)19-18-12-7-11(29(26,27)28)8-13(15(12)22)20(24)25;;;;/h2*2-8,18,22H,1H3,(H,17,23)(H,26,27,28);;;;/q;;;3*+1/b2*19-14-;;;;. The summed E-state index contributed by atoms with van der Waals surface area (Å²) in [6.07, 6.45) is 0. The fraction of sp³-hybridized carbons (Fsp3) is 0.0625. The first kappa shape index (κ1) is 59.9. The van der Waals surface area contributed by atoms with Gasteiger partial charge in [-0.1, -0.05) is 36.4 Å². The number of nitrogens with zero attached hydrogens (tertiary/aromatic N) is 4. The van der Waals surface area contributed by atoms with E-state index in [1.54, 1.807) is 60.7 Å². The van der Waals surface area contributed by atoms with Crippen molar-refractivity contribution in [2.45, 2.75) is 23.6 Å². The molecule has 0 saturated heterocycles. The van der Waals surface area contributed by atoms with Crippen molar-refractivity contribution in [1.82, 2.24) is 0 Å². The molecule has 0 aliphatic heterocycles. The molecule has 0 heterocycles. The zero-order chi connectivity index (χ0) is 43.5. The molecule has 2 amide bonds. The third-order valence-electron chi connectivity index (χ3n) is 6.85. The molecule has 24 nitrogen and oxygen atoms in total. The van der Waals surface area contributed by atoms with Crippen LogP contribution in [-0.4, -0.2) is 80.8 Å². The molecule has 8 N–H and O–H groups in total. The summed E-state index contributed by atoms with van der Waals surface area (Å²) in [7, 11) is -9.72. The third-order valence-corrected chi connectivity index (χ3v) is 8.52. The molecule has 4 rings (SSSR count). The fourth-order valence-electron chi connectivity index (χ4n) is 4.17. The molecule has 313 valence electrons. The van der Waals surface area contributed by atoms with Gasteiger partial charge >= 0.3 is 100 Å². The number of carbonyl (C=O) groups excluding carboxylic acids is 4. The number of hydrogen-bond donors (Lipinski definition) is 8. The van der Waals surface area contributed by atoms with Gasteiger partial charge in [0.25, 0.3) is 32.1 Å². The first-order valence-electron chi connectivity index (χ1n) is 15.4. The maximum atomic E-state index is 12.3. The Labute approximate surface area is 427 Å². The summed E-state index contributed by atoms with van der Waals surface area (Å²) >= 11 is 0. The quantitative estimate of drug-likeness (QED) is 0.0111. The molecule has 0 saturated carbocycles. The van der Waals surface area contributed by atoms with Crippen LogP contribution in [0.2, 0.25) is 0 Å². The van der Waals surface area contributed by atoms with Crippen LogP contribution in [0.15, 0.2) is 105 Å². The second-order valence-electron chi connectivity index (χ2n) is 11.0. The molecular weight excluding hydrogens is 944 g/mol. The summed E-state index contributed by atoms with van der Waals surface area (Å²) in [4.78, 5) is 66.0. The molecule has 0 aliphatic carbocycles. The Balaban J connectivity index is 0. The normalized spacial score (nSPS) is 10.8. The number of nitro groups is 2. The number of nitrogens with one attached hydrogen (secondary N) is 4. The van der Waals surface area contributed by atoms with E-state index in [9.17, 15) is 66.5 Å². The molecule has 0 bridgehead atoms. The van der Waals surface area contributed by atoms with Gasteiger partial charge in [-0.05, 0) is 36.4 Å². The van der Waals surface area contributed by atoms with Crippen LogP contribution in [0.3, 0.4) is 0 Å². The van der Waals surface area contributed by atoms with Crippen molar-refractivity contribution in [3.63, 3.8) is 0 Å². The molecule has 0 fully saturated rings. The Hall–Kier alpha value is -4.17. The van der Waals surface area contributed by atoms with Crippen molar-refractivity contribution >= 4 is 89.2 Å². The summed E-state index contributed by atoms with van der Waals surface area (Å²) in [6.45, 7) is 2.06. The van der Waals surface area contributed by atoms with Gasteiger partial charge in [0, 0.05) is 54.1 Å². The van der Waals surface area contributed by atoms with Gasteiger partial charge < -0.3 is 20.8 Å². The zero-order valence-electron chi connectivity index (χ0n) is 32.7. The number of benzene rings is 4. The predicted octanol–water partition coefficient (Wildman–Crippen LogP) is -5.91. The number of para-hydroxylation sites is 2. The molecular formula is C32H28CoN8Na3O16S2+3. The maximum Gasteiger partial charge on any atom is 1.00 e. The SMILES string of the molecule is CC(=O)/C(=N/Nc1cc(S(=O)(=O)O)cc([N+](=O)[O-])c1O)C(=O)Nc1ccccc1.CC(=O)/C(=N/Nc1cc(S(=O)(=O)O)cc([N+](=O)[O-])c1O)C(=O)Nc1ccccc1.[Co].[Na+].[Na+].[Na+]. The Morgan fingerprint density at radius 2 is 0.871 bits per heavy atom. The van der Waals surface area contributed by atoms with E-state index in [2.05, 4.69) is 20.8 Å². The summed E-state index contributed by atoms with van der Waals surface area (Å²) in [5.41, 5.74) is 0.147. The number of anilines is 4. The minimum absolute atomic E-state index is 0. The predicted molar refractivity (Wildman–Crippen MR) is 203 cm³/mol. The molecule has 0 aromatic heterocycles. The molecule has 0 unspecified atom stereocenters. The molecule has 0 aliphatic rings.